The van der Waals surface area contributed by atoms with E-state index < -0.39 is 0 Å². The first-order chi connectivity index (χ1) is 11.3. The summed E-state index contributed by atoms with van der Waals surface area (Å²) in [7, 11) is 3.88. The summed E-state index contributed by atoms with van der Waals surface area (Å²) in [5, 5.41) is 6.81. The Bertz CT molecular complexity index is 465. The van der Waals surface area contributed by atoms with Crippen molar-refractivity contribution in [2.45, 2.75) is 19.3 Å². The first-order valence-corrected chi connectivity index (χ1v) is 8.58. The molecule has 1 aliphatic carbocycles. The number of hydrogen-bond acceptors (Lipinski definition) is 3. The lowest BCUT2D eigenvalue weighted by Gasteiger charge is -2.22. The molecule has 0 radical (unpaired) electrons. The molecule has 0 spiro atoms. The Morgan fingerprint density at radius 2 is 2.00 bits per heavy atom. The number of nitrogens with one attached hydrogen (secondary N) is 2. The first kappa shape index (κ1) is 21.0. The summed E-state index contributed by atoms with van der Waals surface area (Å²) in [5.41, 5.74) is 1.17. The van der Waals surface area contributed by atoms with Crippen LogP contribution in [0.2, 0.25) is 0 Å². The lowest BCUT2D eigenvalue weighted by atomic mass is 10.3. The van der Waals surface area contributed by atoms with Crippen molar-refractivity contribution in [1.82, 2.24) is 10.2 Å². The molecule has 0 atom stereocenters. The van der Waals surface area contributed by atoms with Crippen LogP contribution in [-0.4, -0.2) is 57.8 Å². The van der Waals surface area contributed by atoms with E-state index in [0.29, 0.717) is 0 Å². The quantitative estimate of drug-likeness (QED) is 0.251. The Hall–Kier alpha value is -1.02. The molecule has 2 rings (SSSR count). The van der Waals surface area contributed by atoms with Gasteiger partial charge in [0, 0.05) is 46.0 Å². The van der Waals surface area contributed by atoms with Gasteiger partial charge in [-0.15, -0.1) is 24.0 Å². The highest BCUT2D eigenvalue weighted by Crippen LogP contribution is 2.28. The number of hydrogen-bond donors (Lipinski definition) is 2. The van der Waals surface area contributed by atoms with E-state index in [1.807, 2.05) is 25.2 Å². The molecule has 0 bridgehead atoms. The van der Waals surface area contributed by atoms with Gasteiger partial charge in [0.15, 0.2) is 5.96 Å². The number of anilines is 1. The molecule has 5 nitrogen and oxygen atoms in total. The van der Waals surface area contributed by atoms with Gasteiger partial charge >= 0.3 is 0 Å². The van der Waals surface area contributed by atoms with Crippen molar-refractivity contribution in [2.24, 2.45) is 10.9 Å². The number of ether oxygens (including phenoxy) is 1. The van der Waals surface area contributed by atoms with Crippen LogP contribution in [0, 0.1) is 5.92 Å². The van der Waals surface area contributed by atoms with E-state index in [-0.39, 0.29) is 24.0 Å². The van der Waals surface area contributed by atoms with Gasteiger partial charge in [0.25, 0.3) is 0 Å². The maximum absolute atomic E-state index is 5.68. The van der Waals surface area contributed by atoms with Gasteiger partial charge < -0.3 is 20.3 Å². The Morgan fingerprint density at radius 3 is 2.67 bits per heavy atom. The minimum Gasteiger partial charge on any atom is -0.385 e. The van der Waals surface area contributed by atoms with E-state index >= 15 is 0 Å². The lowest BCUT2D eigenvalue weighted by Crippen LogP contribution is -2.41. The van der Waals surface area contributed by atoms with Crippen LogP contribution in [0.4, 0.5) is 5.69 Å². The molecule has 136 valence electrons. The molecule has 1 fully saturated rings. The predicted molar refractivity (Wildman–Crippen MR) is 112 cm³/mol. The number of halogens is 1. The summed E-state index contributed by atoms with van der Waals surface area (Å²) in [6, 6.07) is 10.3. The van der Waals surface area contributed by atoms with Crippen LogP contribution in [0.15, 0.2) is 35.3 Å². The largest absolute Gasteiger partial charge is 0.385 e. The highest BCUT2D eigenvalue weighted by molar-refractivity contribution is 14.0. The van der Waals surface area contributed by atoms with Gasteiger partial charge in [-0.3, -0.25) is 4.99 Å². The second-order valence-corrected chi connectivity index (χ2v) is 6.06. The third-order valence-corrected chi connectivity index (χ3v) is 3.93. The predicted octanol–water partition coefficient (Wildman–Crippen LogP) is 3.04. The van der Waals surface area contributed by atoms with Crippen LogP contribution in [0.5, 0.6) is 0 Å². The molecule has 0 unspecified atom stereocenters. The summed E-state index contributed by atoms with van der Waals surface area (Å²) in [5.74, 6) is 1.76. The zero-order valence-electron chi connectivity index (χ0n) is 14.8. The Balaban J connectivity index is 0.00000288. The fraction of sp³-hybridized carbons (Fsp3) is 0.611. The number of aliphatic imine (C=N–C) groups is 1. The molecular formula is C18H31IN4O. The van der Waals surface area contributed by atoms with Crippen molar-refractivity contribution in [3.05, 3.63) is 30.3 Å². The van der Waals surface area contributed by atoms with E-state index in [0.717, 1.165) is 51.1 Å². The van der Waals surface area contributed by atoms with Crippen molar-refractivity contribution in [3.8, 4) is 0 Å². The van der Waals surface area contributed by atoms with Gasteiger partial charge in [0.1, 0.15) is 0 Å². The minimum atomic E-state index is 0. The molecule has 1 saturated carbocycles. The van der Waals surface area contributed by atoms with Crippen LogP contribution < -0.4 is 10.6 Å². The van der Waals surface area contributed by atoms with E-state index in [1.54, 1.807) is 0 Å². The van der Waals surface area contributed by atoms with Gasteiger partial charge in [-0.2, -0.15) is 0 Å². The molecule has 0 saturated heterocycles. The monoisotopic (exact) mass is 446 g/mol. The smallest absolute Gasteiger partial charge is 0.193 e. The topological polar surface area (TPSA) is 48.9 Å². The second kappa shape index (κ2) is 12.4. The van der Waals surface area contributed by atoms with Crippen molar-refractivity contribution >= 4 is 35.6 Å². The molecule has 0 aromatic heterocycles. The van der Waals surface area contributed by atoms with Gasteiger partial charge in [-0.1, -0.05) is 18.2 Å². The van der Waals surface area contributed by atoms with Crippen LogP contribution in [0.1, 0.15) is 19.3 Å². The maximum atomic E-state index is 5.68. The SMILES string of the molecule is CN=C(NCCCNc1ccccc1)N(C)CCOCC1CC1.I. The van der Waals surface area contributed by atoms with Crippen molar-refractivity contribution in [2.75, 3.05) is 52.3 Å². The van der Waals surface area contributed by atoms with Crippen molar-refractivity contribution < 1.29 is 4.74 Å². The highest BCUT2D eigenvalue weighted by Gasteiger charge is 2.21. The van der Waals surface area contributed by atoms with Crippen LogP contribution in [-0.2, 0) is 4.74 Å². The van der Waals surface area contributed by atoms with Gasteiger partial charge in [0.2, 0.25) is 0 Å². The fourth-order valence-electron chi connectivity index (χ4n) is 2.30. The van der Waals surface area contributed by atoms with E-state index in [2.05, 4.69) is 39.7 Å². The molecule has 1 aliphatic rings. The summed E-state index contributed by atoms with van der Waals surface area (Å²) in [4.78, 5) is 6.45. The summed E-state index contributed by atoms with van der Waals surface area (Å²) < 4.78 is 5.68. The number of guanidine groups is 1. The molecule has 0 amide bonds. The summed E-state index contributed by atoms with van der Waals surface area (Å²) >= 11 is 0. The van der Waals surface area contributed by atoms with E-state index in [4.69, 9.17) is 4.74 Å². The minimum absolute atomic E-state index is 0. The molecule has 0 heterocycles. The molecule has 2 N–H and O–H groups in total. The van der Waals surface area contributed by atoms with Crippen molar-refractivity contribution in [3.63, 3.8) is 0 Å². The second-order valence-electron chi connectivity index (χ2n) is 6.06. The standard InChI is InChI=1S/C18H30N4O.HI/c1-19-18(22(2)13-14-23-15-16-9-10-16)21-12-6-11-20-17-7-4-3-5-8-17;/h3-5,7-8,16,20H,6,9-15H2,1-2H3,(H,19,21);1H. The number of benzene rings is 1. The zero-order chi connectivity index (χ0) is 16.3. The highest BCUT2D eigenvalue weighted by atomic mass is 127. The van der Waals surface area contributed by atoms with E-state index in [1.165, 1.54) is 18.5 Å². The number of para-hydroxylation sites is 1. The summed E-state index contributed by atoms with van der Waals surface area (Å²) in [6.07, 6.45) is 3.73. The van der Waals surface area contributed by atoms with Gasteiger partial charge in [-0.25, -0.2) is 0 Å². The lowest BCUT2D eigenvalue weighted by molar-refractivity contribution is 0.115. The van der Waals surface area contributed by atoms with Gasteiger partial charge in [0.05, 0.1) is 6.61 Å². The summed E-state index contributed by atoms with van der Waals surface area (Å²) in [6.45, 7) is 4.41. The average Bonchev–Trinajstić information content (AvgIpc) is 3.40. The Labute approximate surface area is 163 Å². The van der Waals surface area contributed by atoms with Crippen LogP contribution >= 0.6 is 24.0 Å². The molecule has 0 aliphatic heterocycles. The molecule has 1 aromatic carbocycles. The molecule has 1 aromatic rings. The zero-order valence-corrected chi connectivity index (χ0v) is 17.2. The number of likely N-dealkylation sites (N-methyl/N-ethyl adjacent to an activating group) is 1. The first-order valence-electron chi connectivity index (χ1n) is 8.58. The Morgan fingerprint density at radius 1 is 1.25 bits per heavy atom. The normalized spacial score (nSPS) is 14.0. The third kappa shape index (κ3) is 8.73. The van der Waals surface area contributed by atoms with Crippen LogP contribution in [0.3, 0.4) is 0 Å². The van der Waals surface area contributed by atoms with E-state index in [9.17, 15) is 0 Å². The fourth-order valence-corrected chi connectivity index (χ4v) is 2.30. The third-order valence-electron chi connectivity index (χ3n) is 3.93. The number of rotatable bonds is 10. The number of nitrogens with zero attached hydrogens (tertiary/aromatic N) is 2. The molecule has 6 heteroatoms. The van der Waals surface area contributed by atoms with Crippen LogP contribution in [0.25, 0.3) is 0 Å². The van der Waals surface area contributed by atoms with Crippen molar-refractivity contribution in [1.29, 1.82) is 0 Å². The van der Waals surface area contributed by atoms with Gasteiger partial charge in [-0.05, 0) is 37.3 Å². The molecule has 24 heavy (non-hydrogen) atoms. The Kier molecular flexibility index (Phi) is 10.8. The average molecular weight is 446 g/mol. The maximum Gasteiger partial charge on any atom is 0.193 e. The molecular weight excluding hydrogens is 415 g/mol.